The number of nitrogens with zero attached hydrogens (tertiary/aromatic N) is 2. The van der Waals surface area contributed by atoms with Crippen LogP contribution in [0.3, 0.4) is 0 Å². The van der Waals surface area contributed by atoms with Gasteiger partial charge < -0.3 is 5.32 Å². The van der Waals surface area contributed by atoms with Crippen molar-refractivity contribution in [2.75, 3.05) is 16.8 Å². The fraction of sp³-hybridized carbons (Fsp3) is 0.636. The second-order valence-corrected chi connectivity index (χ2v) is 5.49. The fourth-order valence-corrected chi connectivity index (χ4v) is 3.06. The molecule has 0 radical (unpaired) electrons. The van der Waals surface area contributed by atoms with Crippen LogP contribution >= 0.6 is 23.4 Å². The maximum absolute atomic E-state index is 5.95. The molecule has 1 fully saturated rings. The first-order valence-corrected chi connectivity index (χ1v) is 7.19. The Morgan fingerprint density at radius 3 is 2.88 bits per heavy atom. The first-order chi connectivity index (χ1) is 7.78. The van der Waals surface area contributed by atoms with Crippen molar-refractivity contribution < 1.29 is 0 Å². The molecule has 0 spiro atoms. The maximum atomic E-state index is 5.95. The SMILES string of the molecule is CCc1nc(Cl)cc(NC2CCSCC2)n1. The number of aromatic nitrogens is 2. The fourth-order valence-electron chi connectivity index (χ4n) is 1.75. The van der Waals surface area contributed by atoms with E-state index in [1.165, 1.54) is 24.3 Å². The summed E-state index contributed by atoms with van der Waals surface area (Å²) < 4.78 is 0. The first kappa shape index (κ1) is 12.0. The standard InChI is InChI=1S/C11H16ClN3S/c1-2-10-14-9(12)7-11(15-10)13-8-3-5-16-6-4-8/h7-8H,2-6H2,1H3,(H,13,14,15). The molecule has 0 saturated carbocycles. The van der Waals surface area contributed by atoms with Gasteiger partial charge in [0.15, 0.2) is 0 Å². The van der Waals surface area contributed by atoms with Gasteiger partial charge in [0.1, 0.15) is 16.8 Å². The Morgan fingerprint density at radius 2 is 2.19 bits per heavy atom. The smallest absolute Gasteiger partial charge is 0.134 e. The first-order valence-electron chi connectivity index (χ1n) is 5.65. The van der Waals surface area contributed by atoms with Gasteiger partial charge in [0.05, 0.1) is 0 Å². The van der Waals surface area contributed by atoms with Crippen molar-refractivity contribution in [2.45, 2.75) is 32.2 Å². The number of aryl methyl sites for hydroxylation is 1. The van der Waals surface area contributed by atoms with E-state index in [0.29, 0.717) is 11.2 Å². The van der Waals surface area contributed by atoms with E-state index in [-0.39, 0.29) is 0 Å². The summed E-state index contributed by atoms with van der Waals surface area (Å²) in [5.41, 5.74) is 0. The van der Waals surface area contributed by atoms with Crippen molar-refractivity contribution in [3.63, 3.8) is 0 Å². The van der Waals surface area contributed by atoms with Gasteiger partial charge in [-0.1, -0.05) is 18.5 Å². The van der Waals surface area contributed by atoms with Crippen molar-refractivity contribution >= 4 is 29.2 Å². The summed E-state index contributed by atoms with van der Waals surface area (Å²) in [4.78, 5) is 8.59. The summed E-state index contributed by atoms with van der Waals surface area (Å²) in [6.45, 7) is 2.03. The van der Waals surface area contributed by atoms with E-state index in [1.54, 1.807) is 0 Å². The molecule has 1 saturated heterocycles. The van der Waals surface area contributed by atoms with Gasteiger partial charge in [0.2, 0.25) is 0 Å². The van der Waals surface area contributed by atoms with Gasteiger partial charge in [-0.05, 0) is 24.3 Å². The number of hydrogen-bond donors (Lipinski definition) is 1. The molecular weight excluding hydrogens is 242 g/mol. The molecule has 1 N–H and O–H groups in total. The molecule has 0 bridgehead atoms. The number of nitrogens with one attached hydrogen (secondary N) is 1. The summed E-state index contributed by atoms with van der Waals surface area (Å²) in [6.07, 6.45) is 3.22. The predicted molar refractivity (Wildman–Crippen MR) is 70.4 cm³/mol. The lowest BCUT2D eigenvalue weighted by molar-refractivity contribution is 0.662. The molecule has 0 atom stereocenters. The molecule has 0 aromatic carbocycles. The highest BCUT2D eigenvalue weighted by Crippen LogP contribution is 2.21. The van der Waals surface area contributed by atoms with E-state index in [2.05, 4.69) is 15.3 Å². The van der Waals surface area contributed by atoms with Crippen LogP contribution in [0.1, 0.15) is 25.6 Å². The van der Waals surface area contributed by atoms with Crippen LogP contribution in [-0.4, -0.2) is 27.5 Å². The Kier molecular flexibility index (Phi) is 4.29. The summed E-state index contributed by atoms with van der Waals surface area (Å²) in [7, 11) is 0. The van der Waals surface area contributed by atoms with E-state index in [0.717, 1.165) is 18.1 Å². The Morgan fingerprint density at radius 1 is 1.44 bits per heavy atom. The van der Waals surface area contributed by atoms with Gasteiger partial charge >= 0.3 is 0 Å². The normalized spacial score (nSPS) is 17.4. The van der Waals surface area contributed by atoms with Crippen LogP contribution in [0.15, 0.2) is 6.07 Å². The van der Waals surface area contributed by atoms with E-state index >= 15 is 0 Å². The van der Waals surface area contributed by atoms with Crippen molar-refractivity contribution in [2.24, 2.45) is 0 Å². The third-order valence-corrected chi connectivity index (χ3v) is 3.87. The van der Waals surface area contributed by atoms with Crippen LogP contribution in [0.5, 0.6) is 0 Å². The van der Waals surface area contributed by atoms with Gasteiger partial charge in [-0.15, -0.1) is 0 Å². The zero-order chi connectivity index (χ0) is 11.4. The van der Waals surface area contributed by atoms with Crippen LogP contribution in [0.25, 0.3) is 0 Å². The number of thioether (sulfide) groups is 1. The van der Waals surface area contributed by atoms with Gasteiger partial charge in [0, 0.05) is 18.5 Å². The lowest BCUT2D eigenvalue weighted by atomic mass is 10.1. The topological polar surface area (TPSA) is 37.8 Å². The van der Waals surface area contributed by atoms with Crippen LogP contribution in [0.2, 0.25) is 5.15 Å². The molecule has 1 aromatic rings. The Labute approximate surface area is 105 Å². The molecule has 88 valence electrons. The molecule has 1 aromatic heterocycles. The lowest BCUT2D eigenvalue weighted by Crippen LogP contribution is -2.25. The minimum absolute atomic E-state index is 0.527. The highest BCUT2D eigenvalue weighted by Gasteiger charge is 2.14. The van der Waals surface area contributed by atoms with Crippen LogP contribution in [-0.2, 0) is 6.42 Å². The molecule has 16 heavy (non-hydrogen) atoms. The Balaban J connectivity index is 2.04. The molecule has 1 aliphatic rings. The van der Waals surface area contributed by atoms with Crippen LogP contribution in [0.4, 0.5) is 5.82 Å². The van der Waals surface area contributed by atoms with E-state index in [4.69, 9.17) is 11.6 Å². The summed E-state index contributed by atoms with van der Waals surface area (Å²) in [5, 5.41) is 3.97. The van der Waals surface area contributed by atoms with Crippen molar-refractivity contribution in [1.29, 1.82) is 0 Å². The van der Waals surface area contributed by atoms with Crippen molar-refractivity contribution in [3.05, 3.63) is 17.0 Å². The number of hydrogen-bond acceptors (Lipinski definition) is 4. The third-order valence-electron chi connectivity index (χ3n) is 2.63. The minimum Gasteiger partial charge on any atom is -0.367 e. The minimum atomic E-state index is 0.527. The molecule has 0 amide bonds. The molecule has 3 nitrogen and oxygen atoms in total. The second-order valence-electron chi connectivity index (χ2n) is 3.88. The molecular formula is C11H16ClN3S. The molecule has 5 heteroatoms. The van der Waals surface area contributed by atoms with E-state index in [9.17, 15) is 0 Å². The zero-order valence-electron chi connectivity index (χ0n) is 9.37. The monoisotopic (exact) mass is 257 g/mol. The van der Waals surface area contributed by atoms with Gasteiger partial charge in [-0.2, -0.15) is 11.8 Å². The number of halogens is 1. The zero-order valence-corrected chi connectivity index (χ0v) is 10.9. The van der Waals surface area contributed by atoms with E-state index in [1.807, 2.05) is 24.8 Å². The molecule has 1 aliphatic heterocycles. The number of anilines is 1. The summed E-state index contributed by atoms with van der Waals surface area (Å²) in [5.74, 6) is 4.14. The summed E-state index contributed by atoms with van der Waals surface area (Å²) >= 11 is 7.97. The lowest BCUT2D eigenvalue weighted by Gasteiger charge is -2.23. The van der Waals surface area contributed by atoms with E-state index < -0.39 is 0 Å². The Bertz CT molecular complexity index is 353. The largest absolute Gasteiger partial charge is 0.367 e. The van der Waals surface area contributed by atoms with Crippen LogP contribution in [0, 0.1) is 0 Å². The molecule has 0 unspecified atom stereocenters. The van der Waals surface area contributed by atoms with Crippen molar-refractivity contribution in [1.82, 2.24) is 9.97 Å². The van der Waals surface area contributed by atoms with Gasteiger partial charge in [-0.25, -0.2) is 9.97 Å². The summed E-state index contributed by atoms with van der Waals surface area (Å²) in [6, 6.07) is 2.35. The number of rotatable bonds is 3. The third kappa shape index (κ3) is 3.25. The van der Waals surface area contributed by atoms with Gasteiger partial charge in [-0.3, -0.25) is 0 Å². The van der Waals surface area contributed by atoms with Gasteiger partial charge in [0.25, 0.3) is 0 Å². The molecule has 2 rings (SSSR count). The molecule has 2 heterocycles. The predicted octanol–water partition coefficient (Wildman–Crippen LogP) is 3.00. The average Bonchev–Trinajstić information content (AvgIpc) is 2.29. The second kappa shape index (κ2) is 5.73. The maximum Gasteiger partial charge on any atom is 0.134 e. The van der Waals surface area contributed by atoms with Crippen LogP contribution < -0.4 is 5.32 Å². The molecule has 0 aliphatic carbocycles. The highest BCUT2D eigenvalue weighted by molar-refractivity contribution is 7.99. The highest BCUT2D eigenvalue weighted by atomic mass is 35.5. The average molecular weight is 258 g/mol. The quantitative estimate of drug-likeness (QED) is 0.845. The van der Waals surface area contributed by atoms with Crippen molar-refractivity contribution in [3.8, 4) is 0 Å². The Hall–Kier alpha value is -0.480.